The van der Waals surface area contributed by atoms with Gasteiger partial charge in [-0.1, -0.05) is 24.3 Å². The van der Waals surface area contributed by atoms with E-state index in [4.69, 9.17) is 4.42 Å². The highest BCUT2D eigenvalue weighted by atomic mass is 16.3. The zero-order valence-electron chi connectivity index (χ0n) is 13.1. The van der Waals surface area contributed by atoms with Gasteiger partial charge in [0.25, 0.3) is 0 Å². The fraction of sp³-hybridized carbons (Fsp3) is 0.333. The largest absolute Gasteiger partial charge is 0.467 e. The van der Waals surface area contributed by atoms with Crippen molar-refractivity contribution >= 4 is 11.8 Å². The number of fused-ring (bicyclic) bond motifs is 1. The summed E-state index contributed by atoms with van der Waals surface area (Å²) in [7, 11) is 0. The van der Waals surface area contributed by atoms with Gasteiger partial charge in [0, 0.05) is 13.5 Å². The first-order valence-electron chi connectivity index (χ1n) is 7.79. The van der Waals surface area contributed by atoms with Gasteiger partial charge in [0.2, 0.25) is 11.8 Å². The van der Waals surface area contributed by atoms with Crippen molar-refractivity contribution in [2.75, 3.05) is 6.54 Å². The third-order valence-corrected chi connectivity index (χ3v) is 4.24. The molecule has 23 heavy (non-hydrogen) atoms. The van der Waals surface area contributed by atoms with Crippen molar-refractivity contribution in [2.45, 2.75) is 32.4 Å². The summed E-state index contributed by atoms with van der Waals surface area (Å²) in [5.41, 5.74) is 2.29. The second-order valence-electron chi connectivity index (χ2n) is 5.74. The van der Waals surface area contributed by atoms with Crippen LogP contribution in [0.3, 0.4) is 0 Å². The predicted octanol–water partition coefficient (Wildman–Crippen LogP) is 2.43. The third-order valence-electron chi connectivity index (χ3n) is 4.24. The lowest BCUT2D eigenvalue weighted by Crippen LogP contribution is -2.41. The van der Waals surface area contributed by atoms with E-state index in [0.29, 0.717) is 18.8 Å². The number of rotatable bonds is 4. The second kappa shape index (κ2) is 6.69. The lowest BCUT2D eigenvalue weighted by molar-refractivity contribution is -0.133. The molecule has 1 atom stereocenters. The number of nitrogens with zero attached hydrogens (tertiary/aromatic N) is 1. The summed E-state index contributed by atoms with van der Waals surface area (Å²) in [5, 5.41) is 2.85. The third kappa shape index (κ3) is 3.44. The molecule has 0 fully saturated rings. The quantitative estimate of drug-likeness (QED) is 0.943. The number of benzene rings is 1. The van der Waals surface area contributed by atoms with Gasteiger partial charge in [-0.3, -0.25) is 9.59 Å². The Bertz CT molecular complexity index is 694. The number of hydrogen-bond donors (Lipinski definition) is 1. The molecule has 1 aliphatic heterocycles. The van der Waals surface area contributed by atoms with E-state index >= 15 is 0 Å². The van der Waals surface area contributed by atoms with Crippen molar-refractivity contribution in [3.05, 3.63) is 59.5 Å². The zero-order chi connectivity index (χ0) is 16.2. The van der Waals surface area contributed by atoms with Crippen LogP contribution in [-0.4, -0.2) is 23.3 Å². The maximum atomic E-state index is 12.3. The topological polar surface area (TPSA) is 62.6 Å². The molecule has 1 aromatic heterocycles. The van der Waals surface area contributed by atoms with Gasteiger partial charge in [0.05, 0.1) is 25.3 Å². The van der Waals surface area contributed by atoms with E-state index in [2.05, 4.69) is 11.4 Å². The van der Waals surface area contributed by atoms with Gasteiger partial charge < -0.3 is 14.6 Å². The zero-order valence-corrected chi connectivity index (χ0v) is 13.1. The smallest absolute Gasteiger partial charge is 0.222 e. The Morgan fingerprint density at radius 3 is 2.83 bits per heavy atom. The van der Waals surface area contributed by atoms with Crippen LogP contribution in [-0.2, 0) is 22.6 Å². The molecule has 5 heteroatoms. The monoisotopic (exact) mass is 312 g/mol. The molecule has 1 N–H and O–H groups in total. The van der Waals surface area contributed by atoms with Crippen molar-refractivity contribution in [3.8, 4) is 0 Å². The van der Waals surface area contributed by atoms with E-state index in [9.17, 15) is 9.59 Å². The number of amides is 2. The molecule has 2 amide bonds. The van der Waals surface area contributed by atoms with Gasteiger partial charge in [0.15, 0.2) is 0 Å². The van der Waals surface area contributed by atoms with Crippen molar-refractivity contribution in [1.82, 2.24) is 10.2 Å². The molecule has 0 spiro atoms. The average Bonchev–Trinajstić information content (AvgIpc) is 3.06. The summed E-state index contributed by atoms with van der Waals surface area (Å²) in [5.74, 6) is 0.628. The molecular formula is C18H20N2O3. The van der Waals surface area contributed by atoms with Crippen LogP contribution in [0.5, 0.6) is 0 Å². The standard InChI is InChI=1S/C18H20N2O3/c1-13(21)20-9-8-14-5-2-3-7-16(14)17(20)11-18(22)19-12-15-6-4-10-23-15/h2-7,10,17H,8-9,11-12H2,1H3,(H,19,22)/t17-/m0/s1. The first-order chi connectivity index (χ1) is 11.1. The molecule has 0 unspecified atom stereocenters. The van der Waals surface area contributed by atoms with E-state index in [1.165, 1.54) is 5.56 Å². The van der Waals surface area contributed by atoms with Crippen molar-refractivity contribution in [2.24, 2.45) is 0 Å². The second-order valence-corrected chi connectivity index (χ2v) is 5.74. The predicted molar refractivity (Wildman–Crippen MR) is 85.4 cm³/mol. The van der Waals surface area contributed by atoms with Gasteiger partial charge in [-0.15, -0.1) is 0 Å². The first kappa shape index (κ1) is 15.3. The van der Waals surface area contributed by atoms with Gasteiger partial charge in [-0.2, -0.15) is 0 Å². The van der Waals surface area contributed by atoms with E-state index < -0.39 is 0 Å². The molecule has 0 saturated heterocycles. The minimum Gasteiger partial charge on any atom is -0.467 e. The molecule has 5 nitrogen and oxygen atoms in total. The lowest BCUT2D eigenvalue weighted by Gasteiger charge is -2.36. The highest BCUT2D eigenvalue weighted by Crippen LogP contribution is 2.32. The van der Waals surface area contributed by atoms with Crippen molar-refractivity contribution < 1.29 is 14.0 Å². The molecule has 1 aromatic carbocycles. The molecule has 0 saturated carbocycles. The molecule has 0 aliphatic carbocycles. The highest BCUT2D eigenvalue weighted by Gasteiger charge is 2.30. The fourth-order valence-electron chi connectivity index (χ4n) is 3.10. The van der Waals surface area contributed by atoms with Crippen LogP contribution < -0.4 is 5.32 Å². The minimum absolute atomic E-state index is 0.00309. The Kier molecular flexibility index (Phi) is 4.46. The minimum atomic E-state index is -0.200. The van der Waals surface area contributed by atoms with Crippen molar-refractivity contribution in [1.29, 1.82) is 0 Å². The Hall–Kier alpha value is -2.56. The maximum absolute atomic E-state index is 12.3. The number of carbonyl (C=O) groups excluding carboxylic acids is 2. The molecular weight excluding hydrogens is 292 g/mol. The van der Waals surface area contributed by atoms with Crippen LogP contribution in [0, 0.1) is 0 Å². The number of carbonyl (C=O) groups is 2. The average molecular weight is 312 g/mol. The van der Waals surface area contributed by atoms with Gasteiger partial charge in [-0.25, -0.2) is 0 Å². The molecule has 0 bridgehead atoms. The Morgan fingerprint density at radius 1 is 1.26 bits per heavy atom. The summed E-state index contributed by atoms with van der Waals surface area (Å²) in [6.07, 6.45) is 2.67. The van der Waals surface area contributed by atoms with Crippen LogP contribution in [0.25, 0.3) is 0 Å². The Morgan fingerprint density at radius 2 is 2.09 bits per heavy atom. The molecule has 1 aliphatic rings. The molecule has 2 heterocycles. The van der Waals surface area contributed by atoms with Gasteiger partial charge >= 0.3 is 0 Å². The summed E-state index contributed by atoms with van der Waals surface area (Å²) in [6.45, 7) is 2.57. The molecule has 3 rings (SSSR count). The van der Waals surface area contributed by atoms with Gasteiger partial charge in [-0.05, 0) is 29.7 Å². The first-order valence-corrected chi connectivity index (χ1v) is 7.79. The van der Waals surface area contributed by atoms with Crippen LogP contribution in [0.4, 0.5) is 0 Å². The van der Waals surface area contributed by atoms with Crippen LogP contribution in [0.1, 0.15) is 36.3 Å². The summed E-state index contributed by atoms with van der Waals surface area (Å²) in [6, 6.07) is 11.4. The van der Waals surface area contributed by atoms with E-state index in [1.54, 1.807) is 24.2 Å². The summed E-state index contributed by atoms with van der Waals surface area (Å²) >= 11 is 0. The van der Waals surface area contributed by atoms with Crippen molar-refractivity contribution in [3.63, 3.8) is 0 Å². The van der Waals surface area contributed by atoms with Crippen LogP contribution in [0.2, 0.25) is 0 Å². The van der Waals surface area contributed by atoms with Crippen LogP contribution >= 0.6 is 0 Å². The fourth-order valence-corrected chi connectivity index (χ4v) is 3.10. The van der Waals surface area contributed by atoms with E-state index in [-0.39, 0.29) is 24.3 Å². The summed E-state index contributed by atoms with van der Waals surface area (Å²) in [4.78, 5) is 26.0. The van der Waals surface area contributed by atoms with Crippen LogP contribution in [0.15, 0.2) is 47.1 Å². The van der Waals surface area contributed by atoms with E-state index in [1.807, 2.05) is 24.3 Å². The van der Waals surface area contributed by atoms with Gasteiger partial charge in [0.1, 0.15) is 5.76 Å². The number of nitrogens with one attached hydrogen (secondary N) is 1. The SMILES string of the molecule is CC(=O)N1CCc2ccccc2[C@@H]1CC(=O)NCc1ccco1. The lowest BCUT2D eigenvalue weighted by atomic mass is 9.90. The number of furan rings is 1. The highest BCUT2D eigenvalue weighted by molar-refractivity contribution is 5.79. The molecule has 0 radical (unpaired) electrons. The Labute approximate surface area is 135 Å². The molecule has 2 aromatic rings. The van der Waals surface area contributed by atoms with E-state index in [0.717, 1.165) is 12.0 Å². The Balaban J connectivity index is 1.72. The number of hydrogen-bond acceptors (Lipinski definition) is 3. The summed E-state index contributed by atoms with van der Waals surface area (Å²) < 4.78 is 5.21. The maximum Gasteiger partial charge on any atom is 0.222 e. The molecule has 120 valence electrons. The normalized spacial score (nSPS) is 16.7.